The number of carbonyl (C=O) groups excluding carboxylic acids is 1. The molecule has 1 amide bonds. The van der Waals surface area contributed by atoms with Crippen molar-refractivity contribution in [3.8, 4) is 11.5 Å². The number of amides is 1. The Hall–Kier alpha value is -1.46. The van der Waals surface area contributed by atoms with Gasteiger partial charge in [-0.3, -0.25) is 4.79 Å². The van der Waals surface area contributed by atoms with E-state index in [1.54, 1.807) is 18.2 Å². The van der Waals surface area contributed by atoms with Gasteiger partial charge >= 0.3 is 0 Å². The normalized spacial score (nSPS) is 12.5. The zero-order chi connectivity index (χ0) is 11.4. The first kappa shape index (κ1) is 13.6. The quantitative estimate of drug-likeness (QED) is 0.854. The third-order valence-electron chi connectivity index (χ3n) is 2.20. The number of halogens is 1. The Bertz CT molecular complexity index is 398. The summed E-state index contributed by atoms with van der Waals surface area (Å²) in [7, 11) is 0. The lowest BCUT2D eigenvalue weighted by Crippen LogP contribution is -2.17. The van der Waals surface area contributed by atoms with E-state index >= 15 is 0 Å². The summed E-state index contributed by atoms with van der Waals surface area (Å²) < 4.78 is 10.8. The molecule has 1 heterocycles. The van der Waals surface area contributed by atoms with Crippen LogP contribution in [0.1, 0.15) is 6.42 Å². The molecule has 1 aliphatic heterocycles. The second-order valence-corrected chi connectivity index (χ2v) is 3.45. The second-order valence-electron chi connectivity index (χ2n) is 3.45. The molecule has 0 aromatic heterocycles. The van der Waals surface area contributed by atoms with Crippen molar-refractivity contribution in [3.63, 3.8) is 0 Å². The van der Waals surface area contributed by atoms with Gasteiger partial charge in [-0.2, -0.15) is 0 Å². The van der Waals surface area contributed by atoms with Gasteiger partial charge in [0.15, 0.2) is 11.5 Å². The first-order valence-corrected chi connectivity index (χ1v) is 5.19. The number of fused-ring (bicyclic) bond motifs is 1. The predicted molar refractivity (Wildman–Crippen MR) is 67.0 cm³/mol. The number of benzene rings is 1. The fraction of sp³-hybridized carbons (Fsp3) is 0.364. The van der Waals surface area contributed by atoms with Crippen LogP contribution in [0.4, 0.5) is 5.69 Å². The first-order chi connectivity index (χ1) is 7.79. The minimum absolute atomic E-state index is 0. The summed E-state index contributed by atoms with van der Waals surface area (Å²) >= 11 is 0. The Morgan fingerprint density at radius 2 is 2.00 bits per heavy atom. The smallest absolute Gasteiger partial charge is 0.225 e. The van der Waals surface area contributed by atoms with Gasteiger partial charge in [0.25, 0.3) is 0 Å². The van der Waals surface area contributed by atoms with Crippen LogP contribution in [0.15, 0.2) is 18.2 Å². The zero-order valence-electron chi connectivity index (χ0n) is 9.27. The molecule has 3 N–H and O–H groups in total. The van der Waals surface area contributed by atoms with Gasteiger partial charge in [0.1, 0.15) is 13.2 Å². The third kappa shape index (κ3) is 3.51. The zero-order valence-corrected chi connectivity index (χ0v) is 10.1. The van der Waals surface area contributed by atoms with Crippen LogP contribution in [0.2, 0.25) is 0 Å². The molecule has 0 radical (unpaired) electrons. The van der Waals surface area contributed by atoms with Gasteiger partial charge in [-0.1, -0.05) is 0 Å². The highest BCUT2D eigenvalue weighted by Gasteiger charge is 2.12. The number of hydrogen-bond donors (Lipinski definition) is 2. The van der Waals surface area contributed by atoms with Crippen molar-refractivity contribution in [3.05, 3.63) is 18.2 Å². The molecule has 0 saturated carbocycles. The van der Waals surface area contributed by atoms with Crippen LogP contribution in [0.5, 0.6) is 11.5 Å². The molecule has 1 aromatic carbocycles. The van der Waals surface area contributed by atoms with Crippen LogP contribution in [0.3, 0.4) is 0 Å². The van der Waals surface area contributed by atoms with Crippen LogP contribution in [-0.4, -0.2) is 25.7 Å². The van der Waals surface area contributed by atoms with E-state index in [-0.39, 0.29) is 18.3 Å². The number of carbonyl (C=O) groups is 1. The van der Waals surface area contributed by atoms with Crippen LogP contribution in [0.25, 0.3) is 0 Å². The number of ether oxygens (including phenoxy) is 2. The largest absolute Gasteiger partial charge is 0.486 e. The summed E-state index contributed by atoms with van der Waals surface area (Å²) in [6, 6.07) is 5.32. The van der Waals surface area contributed by atoms with E-state index in [4.69, 9.17) is 15.2 Å². The Labute approximate surface area is 106 Å². The minimum atomic E-state index is -0.0980. The Morgan fingerprint density at radius 1 is 1.29 bits per heavy atom. The van der Waals surface area contributed by atoms with Crippen LogP contribution < -0.4 is 20.5 Å². The van der Waals surface area contributed by atoms with Crippen molar-refractivity contribution in [1.82, 2.24) is 0 Å². The average molecular weight is 259 g/mol. The van der Waals surface area contributed by atoms with Crippen molar-refractivity contribution < 1.29 is 14.3 Å². The molecule has 0 unspecified atom stereocenters. The predicted octanol–water partition coefficient (Wildman–Crippen LogP) is 1.17. The van der Waals surface area contributed by atoms with Gasteiger partial charge in [0.05, 0.1) is 0 Å². The number of nitrogens with one attached hydrogen (secondary N) is 1. The highest BCUT2D eigenvalue weighted by Crippen LogP contribution is 2.32. The maximum absolute atomic E-state index is 11.3. The summed E-state index contributed by atoms with van der Waals surface area (Å²) in [6.07, 6.45) is 0.314. The molecule has 17 heavy (non-hydrogen) atoms. The van der Waals surface area contributed by atoms with Crippen LogP contribution in [-0.2, 0) is 4.79 Å². The molecule has 0 saturated heterocycles. The van der Waals surface area contributed by atoms with Crippen molar-refractivity contribution in [2.75, 3.05) is 25.1 Å². The fourth-order valence-corrected chi connectivity index (χ4v) is 1.48. The molecular formula is C11H15ClN2O3. The summed E-state index contributed by atoms with van der Waals surface area (Å²) in [5.41, 5.74) is 5.99. The lowest BCUT2D eigenvalue weighted by atomic mass is 10.2. The number of anilines is 1. The lowest BCUT2D eigenvalue weighted by Gasteiger charge is -2.18. The monoisotopic (exact) mass is 258 g/mol. The van der Waals surface area contributed by atoms with Gasteiger partial charge in [-0.05, 0) is 12.1 Å². The van der Waals surface area contributed by atoms with Gasteiger partial charge in [0.2, 0.25) is 5.91 Å². The number of hydrogen-bond acceptors (Lipinski definition) is 4. The molecule has 5 nitrogen and oxygen atoms in total. The maximum atomic E-state index is 11.3. The fourth-order valence-electron chi connectivity index (χ4n) is 1.48. The average Bonchev–Trinajstić information content (AvgIpc) is 2.29. The van der Waals surface area contributed by atoms with E-state index in [2.05, 4.69) is 5.32 Å². The van der Waals surface area contributed by atoms with Crippen LogP contribution in [0, 0.1) is 0 Å². The summed E-state index contributed by atoms with van der Waals surface area (Å²) in [5.74, 6) is 1.28. The molecule has 1 aliphatic rings. The van der Waals surface area contributed by atoms with E-state index in [0.29, 0.717) is 43.4 Å². The van der Waals surface area contributed by atoms with Crippen LogP contribution >= 0.6 is 12.4 Å². The third-order valence-corrected chi connectivity index (χ3v) is 2.20. The highest BCUT2D eigenvalue weighted by molar-refractivity contribution is 5.91. The first-order valence-electron chi connectivity index (χ1n) is 5.19. The maximum Gasteiger partial charge on any atom is 0.225 e. The molecule has 0 atom stereocenters. The minimum Gasteiger partial charge on any atom is -0.486 e. The van der Waals surface area contributed by atoms with Crippen molar-refractivity contribution in [1.29, 1.82) is 0 Å². The summed E-state index contributed by atoms with van der Waals surface area (Å²) in [5, 5.41) is 2.74. The lowest BCUT2D eigenvalue weighted by molar-refractivity contribution is -0.116. The molecule has 94 valence electrons. The number of rotatable bonds is 3. The standard InChI is InChI=1S/C11H14N2O3.ClH/c12-4-3-11(14)13-8-1-2-9-10(7-8)16-6-5-15-9;/h1-2,7H,3-6,12H2,(H,13,14);1H. The van der Waals surface area contributed by atoms with Crippen molar-refractivity contribution >= 4 is 24.0 Å². The van der Waals surface area contributed by atoms with E-state index in [1.165, 1.54) is 0 Å². The molecule has 0 bridgehead atoms. The van der Waals surface area contributed by atoms with E-state index in [0.717, 1.165) is 0 Å². The van der Waals surface area contributed by atoms with Crippen molar-refractivity contribution in [2.24, 2.45) is 5.73 Å². The second kappa shape index (κ2) is 6.32. The summed E-state index contributed by atoms with van der Waals surface area (Å²) in [4.78, 5) is 11.3. The molecular weight excluding hydrogens is 244 g/mol. The SMILES string of the molecule is Cl.NCCC(=O)Nc1ccc2c(c1)OCCO2. The Kier molecular flexibility index (Phi) is 5.06. The molecule has 0 aliphatic carbocycles. The van der Waals surface area contributed by atoms with Gasteiger partial charge in [-0.25, -0.2) is 0 Å². The highest BCUT2D eigenvalue weighted by atomic mass is 35.5. The van der Waals surface area contributed by atoms with Gasteiger partial charge < -0.3 is 20.5 Å². The van der Waals surface area contributed by atoms with Crippen molar-refractivity contribution in [2.45, 2.75) is 6.42 Å². The van der Waals surface area contributed by atoms with Gasteiger partial charge in [-0.15, -0.1) is 12.4 Å². The van der Waals surface area contributed by atoms with E-state index < -0.39 is 0 Å². The summed E-state index contributed by atoms with van der Waals surface area (Å²) in [6.45, 7) is 1.44. The van der Waals surface area contributed by atoms with E-state index in [9.17, 15) is 4.79 Å². The molecule has 1 aromatic rings. The van der Waals surface area contributed by atoms with E-state index in [1.807, 2.05) is 0 Å². The number of nitrogens with two attached hydrogens (primary N) is 1. The molecule has 6 heteroatoms. The molecule has 0 fully saturated rings. The Morgan fingerprint density at radius 3 is 2.71 bits per heavy atom. The Balaban J connectivity index is 0.00000144. The molecule has 2 rings (SSSR count). The van der Waals surface area contributed by atoms with Gasteiger partial charge in [0, 0.05) is 24.7 Å². The topological polar surface area (TPSA) is 73.6 Å². The molecule has 0 spiro atoms.